The molecule has 0 spiro atoms. The van der Waals surface area contributed by atoms with Crippen LogP contribution in [0.15, 0.2) is 101 Å². The topological polar surface area (TPSA) is 93.6 Å². The second kappa shape index (κ2) is 12.0. The van der Waals surface area contributed by atoms with E-state index in [1.165, 1.54) is 46.5 Å². The molecule has 0 aliphatic carbocycles. The van der Waals surface area contributed by atoms with Crippen LogP contribution in [0.3, 0.4) is 0 Å². The molecule has 0 N–H and O–H groups in total. The number of hydrogen-bond donors (Lipinski definition) is 0. The summed E-state index contributed by atoms with van der Waals surface area (Å²) >= 11 is 0. The highest BCUT2D eigenvalue weighted by molar-refractivity contribution is 7.92. The molecule has 0 atom stereocenters. The summed E-state index contributed by atoms with van der Waals surface area (Å²) in [5, 5.41) is 15.3. The first-order valence-electron chi connectivity index (χ1n) is 13.9. The summed E-state index contributed by atoms with van der Waals surface area (Å²) in [6.45, 7) is 7.33. The Kier molecular flexibility index (Phi) is 8.23. The average molecular weight is 576 g/mol. The lowest BCUT2D eigenvalue weighted by Gasteiger charge is -2.06. The van der Waals surface area contributed by atoms with Crippen molar-refractivity contribution in [1.82, 2.24) is 19.3 Å². The minimum Gasteiger partial charge on any atom is -0.340 e. The Labute approximate surface area is 246 Å². The van der Waals surface area contributed by atoms with Crippen LogP contribution in [0.4, 0.5) is 0 Å². The summed E-state index contributed by atoms with van der Waals surface area (Å²) in [4.78, 5) is 4.53. The van der Waals surface area contributed by atoms with Crippen molar-refractivity contribution < 1.29 is 8.42 Å². The smallest absolute Gasteiger partial charge is 0.207 e. The Morgan fingerprint density at radius 1 is 0.833 bits per heavy atom. The molecule has 1 aliphatic rings. The molecule has 0 saturated heterocycles. The fourth-order valence-electron chi connectivity index (χ4n) is 5.24. The highest BCUT2D eigenvalue weighted by Crippen LogP contribution is 2.43. The van der Waals surface area contributed by atoms with Gasteiger partial charge < -0.3 is 4.57 Å². The fraction of sp³-hybridized carbons (Fsp3) is 0.206. The largest absolute Gasteiger partial charge is 0.340 e. The Balaban J connectivity index is 0.000000143. The molecule has 8 heteroatoms. The molecule has 212 valence electrons. The molecule has 0 radical (unpaired) electrons. The van der Waals surface area contributed by atoms with E-state index in [4.69, 9.17) is 5.26 Å². The maximum atomic E-state index is 12.2. The van der Waals surface area contributed by atoms with Crippen LogP contribution < -0.4 is 0 Å². The van der Waals surface area contributed by atoms with Crippen molar-refractivity contribution in [1.29, 1.82) is 5.26 Å². The molecule has 0 amide bonds. The first kappa shape index (κ1) is 28.8. The number of rotatable bonds is 3. The third-order valence-corrected chi connectivity index (χ3v) is 9.18. The van der Waals surface area contributed by atoms with Crippen LogP contribution in [0.1, 0.15) is 36.5 Å². The van der Waals surface area contributed by atoms with Crippen LogP contribution in [0, 0.1) is 25.2 Å². The maximum Gasteiger partial charge on any atom is 0.207 e. The molecule has 42 heavy (non-hydrogen) atoms. The molecule has 1 aliphatic heterocycles. The Hall–Kier alpha value is -4.74. The van der Waals surface area contributed by atoms with Crippen molar-refractivity contribution in [3.05, 3.63) is 108 Å². The van der Waals surface area contributed by atoms with E-state index in [-0.39, 0.29) is 0 Å². The zero-order valence-corrected chi connectivity index (χ0v) is 25.1. The molecule has 0 saturated carbocycles. The van der Waals surface area contributed by atoms with Gasteiger partial charge in [-0.1, -0.05) is 60.9 Å². The van der Waals surface area contributed by atoms with Crippen molar-refractivity contribution in [2.45, 2.75) is 49.9 Å². The van der Waals surface area contributed by atoms with Gasteiger partial charge in [0.15, 0.2) is 0 Å². The van der Waals surface area contributed by atoms with Gasteiger partial charge in [-0.05, 0) is 62.7 Å². The molecule has 7 nitrogen and oxygen atoms in total. The van der Waals surface area contributed by atoms with Crippen LogP contribution in [0.25, 0.3) is 32.9 Å². The lowest BCUT2D eigenvalue weighted by atomic mass is 10.0. The molecule has 0 bridgehead atoms. The van der Waals surface area contributed by atoms with Crippen molar-refractivity contribution >= 4 is 31.6 Å². The van der Waals surface area contributed by atoms with Crippen LogP contribution in [-0.4, -0.2) is 27.7 Å². The number of unbranched alkanes of at least 4 members (excludes halogenated alkanes) is 1. The predicted octanol–water partition coefficient (Wildman–Crippen LogP) is 7.40. The zero-order valence-electron chi connectivity index (χ0n) is 24.2. The van der Waals surface area contributed by atoms with Gasteiger partial charge in [-0.2, -0.15) is 10.4 Å². The number of hydrogen-bond acceptors (Lipinski definition) is 5. The molecular weight excluding hydrogens is 542 g/mol. The Bertz CT molecular complexity index is 2030. The summed E-state index contributed by atoms with van der Waals surface area (Å²) in [7, 11) is -1.46. The van der Waals surface area contributed by atoms with Gasteiger partial charge in [0.2, 0.25) is 9.84 Å². The van der Waals surface area contributed by atoms with Crippen LogP contribution >= 0.6 is 0 Å². The van der Waals surface area contributed by atoms with Gasteiger partial charge >= 0.3 is 0 Å². The van der Waals surface area contributed by atoms with Crippen molar-refractivity contribution in [2.75, 3.05) is 0 Å². The van der Waals surface area contributed by atoms with E-state index in [0.29, 0.717) is 9.79 Å². The quantitative estimate of drug-likeness (QED) is 0.219. The second-order valence-electron chi connectivity index (χ2n) is 10.4. The summed E-state index contributed by atoms with van der Waals surface area (Å²) in [5.41, 5.74) is 7.22. The van der Waals surface area contributed by atoms with Crippen LogP contribution in [-0.2, 0) is 23.4 Å². The number of benzene rings is 4. The maximum absolute atomic E-state index is 12.2. The van der Waals surface area contributed by atoms with E-state index >= 15 is 0 Å². The second-order valence-corrected chi connectivity index (χ2v) is 12.3. The fourth-order valence-corrected chi connectivity index (χ4v) is 6.91. The third-order valence-electron chi connectivity index (χ3n) is 7.31. The van der Waals surface area contributed by atoms with Gasteiger partial charge in [-0.25, -0.2) is 13.4 Å². The number of aryl methyl sites for hydroxylation is 4. The van der Waals surface area contributed by atoms with E-state index in [1.807, 2.05) is 50.4 Å². The SMILES string of the molecule is CCCCn1c2ccc(C)cc2c2cc(C#N)ccc21.Cc1ccc2c(c1)-c1ccccc1S2(=O)=O.Cn1cncn1. The van der Waals surface area contributed by atoms with Gasteiger partial charge in [-0.15, -0.1) is 0 Å². The number of fused-ring (bicyclic) bond motifs is 6. The molecule has 0 unspecified atom stereocenters. The lowest BCUT2D eigenvalue weighted by molar-refractivity contribution is 0.598. The summed E-state index contributed by atoms with van der Waals surface area (Å²) < 4.78 is 28.4. The number of aromatic nitrogens is 4. The number of nitriles is 1. The third kappa shape index (κ3) is 5.56. The normalized spacial score (nSPS) is 12.5. The number of sulfone groups is 1. The first-order valence-corrected chi connectivity index (χ1v) is 15.4. The predicted molar refractivity (Wildman–Crippen MR) is 167 cm³/mol. The van der Waals surface area contributed by atoms with E-state index < -0.39 is 9.84 Å². The van der Waals surface area contributed by atoms with Crippen LogP contribution in [0.5, 0.6) is 0 Å². The standard InChI is InChI=1S/C18H18N2.C13H10O2S.C3H5N3/c1-3-4-9-20-17-7-5-13(2)10-15(17)16-11-14(12-19)6-8-18(16)20;1-9-6-7-13-11(8-9)10-4-2-3-5-12(10)16(13,14)15;1-6-3-4-2-5-6/h5-8,10-11H,3-4,9H2,1-2H3;2-8H,1H3;2-3H,1H3. The van der Waals surface area contributed by atoms with E-state index in [2.05, 4.69) is 58.8 Å². The summed E-state index contributed by atoms with van der Waals surface area (Å²) in [5.74, 6) is 0. The van der Waals surface area contributed by atoms with E-state index in [0.717, 1.165) is 28.8 Å². The molecule has 0 fully saturated rings. The van der Waals surface area contributed by atoms with Crippen molar-refractivity contribution in [2.24, 2.45) is 7.05 Å². The average Bonchev–Trinajstić information content (AvgIpc) is 3.65. The minimum atomic E-state index is -3.28. The minimum absolute atomic E-state index is 0.426. The van der Waals surface area contributed by atoms with Crippen molar-refractivity contribution in [3.63, 3.8) is 0 Å². The molecule has 4 aromatic carbocycles. The molecule has 7 rings (SSSR count). The van der Waals surface area contributed by atoms with E-state index in [1.54, 1.807) is 29.2 Å². The summed E-state index contributed by atoms with van der Waals surface area (Å²) in [6, 6.07) is 27.4. The van der Waals surface area contributed by atoms with Crippen molar-refractivity contribution in [3.8, 4) is 17.2 Å². The number of nitrogens with zero attached hydrogens (tertiary/aromatic N) is 5. The molecular formula is C34H33N5O2S. The Morgan fingerprint density at radius 2 is 1.50 bits per heavy atom. The lowest BCUT2D eigenvalue weighted by Crippen LogP contribution is -1.96. The van der Waals surface area contributed by atoms with E-state index in [9.17, 15) is 8.42 Å². The summed E-state index contributed by atoms with van der Waals surface area (Å²) in [6.07, 6.45) is 5.50. The Morgan fingerprint density at radius 3 is 2.17 bits per heavy atom. The highest BCUT2D eigenvalue weighted by atomic mass is 32.2. The van der Waals surface area contributed by atoms with Gasteiger partial charge in [0, 0.05) is 46.5 Å². The zero-order chi connectivity index (χ0) is 29.9. The molecule has 2 aromatic heterocycles. The molecule has 3 heterocycles. The van der Waals surface area contributed by atoms with Gasteiger partial charge in [-0.3, -0.25) is 4.68 Å². The first-order chi connectivity index (χ1) is 20.2. The highest BCUT2D eigenvalue weighted by Gasteiger charge is 2.32. The van der Waals surface area contributed by atoms with Crippen LogP contribution in [0.2, 0.25) is 0 Å². The van der Waals surface area contributed by atoms with Gasteiger partial charge in [0.05, 0.1) is 21.4 Å². The molecule has 6 aromatic rings. The van der Waals surface area contributed by atoms with Gasteiger partial charge in [0.1, 0.15) is 12.7 Å². The monoisotopic (exact) mass is 575 g/mol. The van der Waals surface area contributed by atoms with Gasteiger partial charge in [0.25, 0.3) is 0 Å².